The second kappa shape index (κ2) is 6.16. The molecule has 4 heteroatoms. The molecule has 0 fully saturated rings. The van der Waals surface area contributed by atoms with Gasteiger partial charge in [0.2, 0.25) is 0 Å². The van der Waals surface area contributed by atoms with Gasteiger partial charge in [-0.1, -0.05) is 23.7 Å². The van der Waals surface area contributed by atoms with E-state index in [1.165, 1.54) is 0 Å². The molecule has 0 bridgehead atoms. The summed E-state index contributed by atoms with van der Waals surface area (Å²) < 4.78 is 10.7. The standard InChI is InChI=1S/C16H18ClNO2/c1-10-4-5-11(6-14(10)17)13-8-16(20-3)15(19-2)7-12(13)9-18/h4-8H,9,18H2,1-3H3. The maximum Gasteiger partial charge on any atom is 0.161 e. The van der Waals surface area contributed by atoms with E-state index in [-0.39, 0.29) is 0 Å². The lowest BCUT2D eigenvalue weighted by molar-refractivity contribution is 0.354. The van der Waals surface area contributed by atoms with Crippen LogP contribution in [0.2, 0.25) is 5.02 Å². The third kappa shape index (κ3) is 2.74. The van der Waals surface area contributed by atoms with Crippen LogP contribution in [-0.4, -0.2) is 14.2 Å². The summed E-state index contributed by atoms with van der Waals surface area (Å²) in [5, 5.41) is 0.736. The number of methoxy groups -OCH3 is 2. The normalized spacial score (nSPS) is 10.4. The molecule has 2 rings (SSSR count). The van der Waals surface area contributed by atoms with Crippen LogP contribution in [0.4, 0.5) is 0 Å². The summed E-state index contributed by atoms with van der Waals surface area (Å²) in [4.78, 5) is 0. The molecule has 0 aromatic heterocycles. The third-order valence-corrected chi connectivity index (χ3v) is 3.72. The molecule has 0 spiro atoms. The second-order valence-corrected chi connectivity index (χ2v) is 4.94. The highest BCUT2D eigenvalue weighted by Gasteiger charge is 2.12. The van der Waals surface area contributed by atoms with Crippen LogP contribution < -0.4 is 15.2 Å². The zero-order chi connectivity index (χ0) is 14.7. The van der Waals surface area contributed by atoms with Crippen molar-refractivity contribution in [3.05, 3.63) is 46.5 Å². The average Bonchev–Trinajstić information content (AvgIpc) is 2.48. The Morgan fingerprint density at radius 3 is 2.25 bits per heavy atom. The highest BCUT2D eigenvalue weighted by atomic mass is 35.5. The van der Waals surface area contributed by atoms with Gasteiger partial charge in [-0.25, -0.2) is 0 Å². The van der Waals surface area contributed by atoms with Crippen LogP contribution in [0.3, 0.4) is 0 Å². The van der Waals surface area contributed by atoms with Crippen molar-refractivity contribution in [1.29, 1.82) is 0 Å². The Kier molecular flexibility index (Phi) is 4.53. The second-order valence-electron chi connectivity index (χ2n) is 4.53. The third-order valence-electron chi connectivity index (χ3n) is 3.31. The Morgan fingerprint density at radius 1 is 1.05 bits per heavy atom. The number of nitrogens with two attached hydrogens (primary N) is 1. The molecule has 0 heterocycles. The Bertz CT molecular complexity index is 626. The fourth-order valence-corrected chi connectivity index (χ4v) is 2.30. The minimum absolute atomic E-state index is 0.418. The van der Waals surface area contributed by atoms with Crippen molar-refractivity contribution in [2.75, 3.05) is 14.2 Å². The Balaban J connectivity index is 2.62. The van der Waals surface area contributed by atoms with Gasteiger partial charge >= 0.3 is 0 Å². The highest BCUT2D eigenvalue weighted by Crippen LogP contribution is 2.36. The minimum atomic E-state index is 0.418. The van der Waals surface area contributed by atoms with Crippen LogP contribution in [0, 0.1) is 6.92 Å². The molecule has 0 saturated heterocycles. The lowest BCUT2D eigenvalue weighted by Gasteiger charge is -2.15. The molecule has 0 aliphatic rings. The van der Waals surface area contributed by atoms with E-state index in [1.807, 2.05) is 37.3 Å². The lowest BCUT2D eigenvalue weighted by Crippen LogP contribution is -2.01. The van der Waals surface area contributed by atoms with E-state index in [1.54, 1.807) is 14.2 Å². The van der Waals surface area contributed by atoms with E-state index in [9.17, 15) is 0 Å². The largest absolute Gasteiger partial charge is 0.493 e. The Morgan fingerprint density at radius 2 is 1.70 bits per heavy atom. The van der Waals surface area contributed by atoms with Crippen molar-refractivity contribution in [1.82, 2.24) is 0 Å². The number of ether oxygens (including phenoxy) is 2. The predicted molar refractivity (Wildman–Crippen MR) is 82.6 cm³/mol. The van der Waals surface area contributed by atoms with E-state index in [4.69, 9.17) is 26.8 Å². The molecule has 0 radical (unpaired) electrons. The number of aryl methyl sites for hydroxylation is 1. The first kappa shape index (κ1) is 14.7. The summed E-state index contributed by atoms with van der Waals surface area (Å²) in [5.74, 6) is 1.35. The van der Waals surface area contributed by atoms with Crippen molar-refractivity contribution in [2.45, 2.75) is 13.5 Å². The van der Waals surface area contributed by atoms with Crippen molar-refractivity contribution in [3.8, 4) is 22.6 Å². The number of hydrogen-bond donors (Lipinski definition) is 1. The maximum atomic E-state index is 6.20. The number of benzene rings is 2. The molecule has 2 N–H and O–H groups in total. The van der Waals surface area contributed by atoms with E-state index in [0.29, 0.717) is 18.0 Å². The van der Waals surface area contributed by atoms with Crippen LogP contribution in [0.15, 0.2) is 30.3 Å². The molecular weight excluding hydrogens is 274 g/mol. The molecule has 2 aromatic carbocycles. The summed E-state index contributed by atoms with van der Waals surface area (Å²) in [7, 11) is 3.23. The van der Waals surface area contributed by atoms with Gasteiger partial charge in [-0.15, -0.1) is 0 Å². The number of hydrogen-bond acceptors (Lipinski definition) is 3. The SMILES string of the molecule is COc1cc(CN)c(-c2ccc(C)c(Cl)c2)cc1OC. The van der Waals surface area contributed by atoms with E-state index in [0.717, 1.165) is 27.3 Å². The van der Waals surface area contributed by atoms with Crippen molar-refractivity contribution >= 4 is 11.6 Å². The Hall–Kier alpha value is -1.71. The predicted octanol–water partition coefficient (Wildman–Crippen LogP) is 3.79. The fourth-order valence-electron chi connectivity index (χ4n) is 2.12. The van der Waals surface area contributed by atoms with Gasteiger partial charge in [-0.3, -0.25) is 0 Å². The van der Waals surface area contributed by atoms with Crippen LogP contribution in [0.5, 0.6) is 11.5 Å². The van der Waals surface area contributed by atoms with Gasteiger partial charge in [-0.05, 0) is 47.4 Å². The number of rotatable bonds is 4. The van der Waals surface area contributed by atoms with Gasteiger partial charge < -0.3 is 15.2 Å². The first-order valence-electron chi connectivity index (χ1n) is 6.32. The fraction of sp³-hybridized carbons (Fsp3) is 0.250. The summed E-state index contributed by atoms with van der Waals surface area (Å²) in [6.07, 6.45) is 0. The quantitative estimate of drug-likeness (QED) is 0.932. The topological polar surface area (TPSA) is 44.5 Å². The van der Waals surface area contributed by atoms with Crippen molar-refractivity contribution in [3.63, 3.8) is 0 Å². The van der Waals surface area contributed by atoms with Gasteiger partial charge in [0, 0.05) is 11.6 Å². The molecule has 3 nitrogen and oxygen atoms in total. The monoisotopic (exact) mass is 291 g/mol. The smallest absolute Gasteiger partial charge is 0.161 e. The van der Waals surface area contributed by atoms with Gasteiger partial charge in [0.25, 0.3) is 0 Å². The minimum Gasteiger partial charge on any atom is -0.493 e. The van der Waals surface area contributed by atoms with E-state index in [2.05, 4.69) is 0 Å². The molecule has 0 amide bonds. The van der Waals surface area contributed by atoms with Gasteiger partial charge in [-0.2, -0.15) is 0 Å². The number of halogens is 1. The maximum absolute atomic E-state index is 6.20. The van der Waals surface area contributed by atoms with Gasteiger partial charge in [0.1, 0.15) is 0 Å². The van der Waals surface area contributed by atoms with Crippen molar-refractivity contribution in [2.24, 2.45) is 5.73 Å². The zero-order valence-corrected chi connectivity index (χ0v) is 12.6. The summed E-state index contributed by atoms with van der Waals surface area (Å²) in [6.45, 7) is 2.39. The van der Waals surface area contributed by atoms with E-state index >= 15 is 0 Å². The summed E-state index contributed by atoms with van der Waals surface area (Å²) >= 11 is 6.20. The molecule has 0 unspecified atom stereocenters. The van der Waals surface area contributed by atoms with Crippen molar-refractivity contribution < 1.29 is 9.47 Å². The average molecular weight is 292 g/mol. The summed E-state index contributed by atoms with van der Waals surface area (Å²) in [5.41, 5.74) is 9.90. The highest BCUT2D eigenvalue weighted by molar-refractivity contribution is 6.31. The van der Waals surface area contributed by atoms with Crippen LogP contribution in [0.25, 0.3) is 11.1 Å². The van der Waals surface area contributed by atoms with Crippen LogP contribution in [-0.2, 0) is 6.54 Å². The van der Waals surface area contributed by atoms with Crippen LogP contribution >= 0.6 is 11.6 Å². The molecule has 0 aliphatic carbocycles. The molecule has 0 atom stereocenters. The van der Waals surface area contributed by atoms with Gasteiger partial charge in [0.05, 0.1) is 14.2 Å². The first-order chi connectivity index (χ1) is 9.60. The molecule has 2 aromatic rings. The molecular formula is C16H18ClNO2. The molecule has 0 saturated carbocycles. The lowest BCUT2D eigenvalue weighted by atomic mass is 9.98. The molecule has 20 heavy (non-hydrogen) atoms. The first-order valence-corrected chi connectivity index (χ1v) is 6.70. The Labute approximate surface area is 124 Å². The van der Waals surface area contributed by atoms with Crippen LogP contribution in [0.1, 0.15) is 11.1 Å². The van der Waals surface area contributed by atoms with E-state index < -0.39 is 0 Å². The molecule has 106 valence electrons. The zero-order valence-electron chi connectivity index (χ0n) is 11.9. The molecule has 0 aliphatic heterocycles. The van der Waals surface area contributed by atoms with Gasteiger partial charge in [0.15, 0.2) is 11.5 Å². The summed E-state index contributed by atoms with van der Waals surface area (Å²) in [6, 6.07) is 9.80.